The van der Waals surface area contributed by atoms with Gasteiger partial charge in [0.25, 0.3) is 0 Å². The number of rotatable bonds is 2. The van der Waals surface area contributed by atoms with E-state index in [1.54, 1.807) is 6.08 Å². The summed E-state index contributed by atoms with van der Waals surface area (Å²) in [4.78, 5) is 6.19. The third kappa shape index (κ3) is 1.32. The summed E-state index contributed by atoms with van der Waals surface area (Å²) in [5.41, 5.74) is 0.606. The van der Waals surface area contributed by atoms with Gasteiger partial charge in [-0.2, -0.15) is 5.26 Å². The Morgan fingerprint density at radius 2 is 2.64 bits per heavy atom. The minimum atomic E-state index is -0.0386. The van der Waals surface area contributed by atoms with E-state index in [1.165, 1.54) is 0 Å². The summed E-state index contributed by atoms with van der Waals surface area (Å²) in [6.07, 6.45) is 5.47. The molecule has 2 aliphatic heterocycles. The van der Waals surface area contributed by atoms with Gasteiger partial charge in [0.15, 0.2) is 6.23 Å². The number of nitriles is 1. The van der Waals surface area contributed by atoms with Gasteiger partial charge in [0.1, 0.15) is 11.9 Å². The topological polar surface area (TPSA) is 48.6 Å². The van der Waals surface area contributed by atoms with Gasteiger partial charge in [-0.3, -0.25) is 4.99 Å². The van der Waals surface area contributed by atoms with E-state index in [9.17, 15) is 0 Å². The number of hydrogen-bond donors (Lipinski definition) is 0. The minimum Gasteiger partial charge on any atom is -0.356 e. The molecule has 72 valence electrons. The van der Waals surface area contributed by atoms with Crippen LogP contribution >= 0.6 is 0 Å². The standard InChI is InChI=1S/C10H11N3O/c1-2-14-9-7-12-10-8(6-11)4-3-5-13(9)10/h3-5,9H,2,7H2,1H3. The maximum absolute atomic E-state index is 8.85. The fraction of sp³-hybridized carbons (Fsp3) is 0.400. The van der Waals surface area contributed by atoms with Crippen LogP contribution in [0.1, 0.15) is 6.92 Å². The molecule has 0 spiro atoms. The van der Waals surface area contributed by atoms with Gasteiger partial charge in [-0.15, -0.1) is 0 Å². The van der Waals surface area contributed by atoms with Crippen LogP contribution in [0.15, 0.2) is 28.9 Å². The number of fused-ring (bicyclic) bond motifs is 1. The summed E-state index contributed by atoms with van der Waals surface area (Å²) in [6.45, 7) is 3.21. The van der Waals surface area contributed by atoms with Crippen molar-refractivity contribution in [1.82, 2.24) is 4.90 Å². The minimum absolute atomic E-state index is 0.0386. The van der Waals surface area contributed by atoms with Crippen molar-refractivity contribution in [2.24, 2.45) is 4.99 Å². The lowest BCUT2D eigenvalue weighted by Gasteiger charge is -2.25. The summed E-state index contributed by atoms with van der Waals surface area (Å²) in [6, 6.07) is 2.12. The lowest BCUT2D eigenvalue weighted by molar-refractivity contribution is 0.0152. The van der Waals surface area contributed by atoms with E-state index in [2.05, 4.69) is 11.1 Å². The third-order valence-electron chi connectivity index (χ3n) is 2.18. The summed E-state index contributed by atoms with van der Waals surface area (Å²) < 4.78 is 5.49. The molecule has 14 heavy (non-hydrogen) atoms. The van der Waals surface area contributed by atoms with E-state index >= 15 is 0 Å². The molecule has 2 aliphatic rings. The van der Waals surface area contributed by atoms with E-state index in [4.69, 9.17) is 10.00 Å². The van der Waals surface area contributed by atoms with Crippen molar-refractivity contribution in [2.75, 3.05) is 13.2 Å². The van der Waals surface area contributed by atoms with E-state index in [0.29, 0.717) is 18.7 Å². The van der Waals surface area contributed by atoms with Crippen molar-refractivity contribution in [3.63, 3.8) is 0 Å². The number of nitrogens with zero attached hydrogens (tertiary/aromatic N) is 3. The van der Waals surface area contributed by atoms with Gasteiger partial charge in [0, 0.05) is 12.8 Å². The first-order valence-electron chi connectivity index (χ1n) is 4.60. The molecule has 0 radical (unpaired) electrons. The van der Waals surface area contributed by atoms with Gasteiger partial charge in [-0.1, -0.05) is 0 Å². The normalized spacial score (nSPS) is 24.0. The Labute approximate surface area is 82.8 Å². The van der Waals surface area contributed by atoms with Crippen LogP contribution in [0, 0.1) is 11.3 Å². The summed E-state index contributed by atoms with van der Waals surface area (Å²) >= 11 is 0. The summed E-state index contributed by atoms with van der Waals surface area (Å²) in [5, 5.41) is 8.85. The fourth-order valence-corrected chi connectivity index (χ4v) is 1.58. The van der Waals surface area contributed by atoms with Crippen molar-refractivity contribution in [1.29, 1.82) is 5.26 Å². The molecule has 4 heteroatoms. The van der Waals surface area contributed by atoms with E-state index < -0.39 is 0 Å². The Balaban J connectivity index is 2.20. The van der Waals surface area contributed by atoms with Crippen LogP contribution in [0.2, 0.25) is 0 Å². The molecule has 4 nitrogen and oxygen atoms in total. The van der Waals surface area contributed by atoms with Crippen molar-refractivity contribution >= 4 is 5.84 Å². The quantitative estimate of drug-likeness (QED) is 0.652. The fourth-order valence-electron chi connectivity index (χ4n) is 1.58. The number of aliphatic imine (C=N–C) groups is 1. The second-order valence-electron chi connectivity index (χ2n) is 3.02. The SMILES string of the molecule is CCOC1CN=C2C(C#N)=CC=CN21. The lowest BCUT2D eigenvalue weighted by Crippen LogP contribution is -2.35. The number of ether oxygens (including phenoxy) is 1. The number of hydrogen-bond acceptors (Lipinski definition) is 4. The highest BCUT2D eigenvalue weighted by Gasteiger charge is 2.29. The maximum atomic E-state index is 8.85. The number of allylic oxidation sites excluding steroid dienone is 2. The van der Waals surface area contributed by atoms with Gasteiger partial charge in [-0.25, -0.2) is 0 Å². The molecular formula is C10H11N3O. The van der Waals surface area contributed by atoms with Gasteiger partial charge < -0.3 is 9.64 Å². The van der Waals surface area contributed by atoms with Crippen LogP contribution in [0.5, 0.6) is 0 Å². The molecule has 0 aromatic carbocycles. The molecule has 0 saturated heterocycles. The molecular weight excluding hydrogens is 178 g/mol. The molecule has 1 unspecified atom stereocenters. The largest absolute Gasteiger partial charge is 0.356 e. The predicted octanol–water partition coefficient (Wildman–Crippen LogP) is 1.04. The van der Waals surface area contributed by atoms with Crippen molar-refractivity contribution < 1.29 is 4.74 Å². The van der Waals surface area contributed by atoms with Crippen LogP contribution in [-0.2, 0) is 4.74 Å². The molecule has 0 aromatic heterocycles. The molecule has 2 heterocycles. The predicted molar refractivity (Wildman–Crippen MR) is 52.4 cm³/mol. The molecule has 0 saturated carbocycles. The van der Waals surface area contributed by atoms with E-state index in [1.807, 2.05) is 24.1 Å². The van der Waals surface area contributed by atoms with Gasteiger partial charge in [-0.05, 0) is 19.1 Å². The first-order valence-corrected chi connectivity index (χ1v) is 4.60. The highest BCUT2D eigenvalue weighted by atomic mass is 16.5. The first kappa shape index (κ1) is 8.97. The highest BCUT2D eigenvalue weighted by Crippen LogP contribution is 2.20. The second-order valence-corrected chi connectivity index (χ2v) is 3.02. The average molecular weight is 189 g/mol. The van der Waals surface area contributed by atoms with E-state index in [-0.39, 0.29) is 6.23 Å². The molecule has 2 rings (SSSR count). The molecule has 0 aromatic rings. The zero-order valence-corrected chi connectivity index (χ0v) is 7.97. The third-order valence-corrected chi connectivity index (χ3v) is 2.18. The van der Waals surface area contributed by atoms with Gasteiger partial charge >= 0.3 is 0 Å². The smallest absolute Gasteiger partial charge is 0.154 e. The van der Waals surface area contributed by atoms with Crippen LogP contribution in [0.25, 0.3) is 0 Å². The average Bonchev–Trinajstić information content (AvgIpc) is 2.62. The maximum Gasteiger partial charge on any atom is 0.154 e. The summed E-state index contributed by atoms with van der Waals surface area (Å²) in [7, 11) is 0. The zero-order valence-electron chi connectivity index (χ0n) is 7.97. The lowest BCUT2D eigenvalue weighted by atomic mass is 10.2. The molecule has 0 aliphatic carbocycles. The Morgan fingerprint density at radius 3 is 3.36 bits per heavy atom. The molecule has 0 amide bonds. The molecule has 0 bridgehead atoms. The summed E-state index contributed by atoms with van der Waals surface area (Å²) in [5.74, 6) is 0.730. The highest BCUT2D eigenvalue weighted by molar-refractivity contribution is 6.04. The van der Waals surface area contributed by atoms with Crippen molar-refractivity contribution in [2.45, 2.75) is 13.2 Å². The molecule has 0 fully saturated rings. The van der Waals surface area contributed by atoms with Crippen LogP contribution in [-0.4, -0.2) is 30.1 Å². The van der Waals surface area contributed by atoms with Crippen molar-refractivity contribution in [3.05, 3.63) is 23.9 Å². The van der Waals surface area contributed by atoms with Crippen LogP contribution in [0.3, 0.4) is 0 Å². The van der Waals surface area contributed by atoms with Gasteiger partial charge in [0.05, 0.1) is 12.1 Å². The first-order chi connectivity index (χ1) is 6.86. The monoisotopic (exact) mass is 189 g/mol. The zero-order chi connectivity index (χ0) is 9.97. The molecule has 1 atom stereocenters. The Morgan fingerprint density at radius 1 is 1.79 bits per heavy atom. The molecule has 0 N–H and O–H groups in total. The second kappa shape index (κ2) is 3.64. The van der Waals surface area contributed by atoms with Crippen LogP contribution < -0.4 is 0 Å². The number of amidine groups is 1. The van der Waals surface area contributed by atoms with Gasteiger partial charge in [0.2, 0.25) is 0 Å². The Hall–Kier alpha value is -1.60. The van der Waals surface area contributed by atoms with E-state index in [0.717, 1.165) is 5.84 Å². The Bertz CT molecular complexity index is 362. The van der Waals surface area contributed by atoms with Crippen molar-refractivity contribution in [3.8, 4) is 6.07 Å². The van der Waals surface area contributed by atoms with Crippen LogP contribution in [0.4, 0.5) is 0 Å². The Kier molecular flexibility index (Phi) is 2.33.